The summed E-state index contributed by atoms with van der Waals surface area (Å²) in [6, 6.07) is 74.3. The van der Waals surface area contributed by atoms with Gasteiger partial charge in [0.05, 0.1) is 0 Å². The van der Waals surface area contributed by atoms with E-state index in [1.807, 2.05) is 84.9 Å². The van der Waals surface area contributed by atoms with Gasteiger partial charge >= 0.3 is 0 Å². The van der Waals surface area contributed by atoms with Crippen LogP contribution >= 0.6 is 0 Å². The summed E-state index contributed by atoms with van der Waals surface area (Å²) in [6.45, 7) is 0. The van der Waals surface area contributed by atoms with Crippen LogP contribution < -0.4 is 0 Å². The predicted octanol–water partition coefficient (Wildman–Crippen LogP) is 13.1. The number of hydrogen-bond donors (Lipinski definition) is 0. The molecule has 8 aromatic carbocycles. The van der Waals surface area contributed by atoms with Gasteiger partial charge < -0.3 is 0 Å². The lowest BCUT2D eigenvalue weighted by Gasteiger charge is -2.12. The van der Waals surface area contributed by atoms with E-state index in [2.05, 4.69) is 133 Å². The minimum Gasteiger partial charge on any atom is -0.208 e. The molecule has 0 N–H and O–H groups in total. The lowest BCUT2D eigenvalue weighted by molar-refractivity contribution is 1.07. The van der Waals surface area contributed by atoms with Gasteiger partial charge in [0.25, 0.3) is 0 Å². The summed E-state index contributed by atoms with van der Waals surface area (Å²) in [5, 5.41) is 0. The molecule has 282 valence electrons. The second kappa shape index (κ2) is 16.3. The Morgan fingerprint density at radius 1 is 0.150 bits per heavy atom. The first-order valence-electron chi connectivity index (χ1n) is 19.9. The van der Waals surface area contributed by atoms with Crippen LogP contribution in [-0.4, -0.2) is 29.9 Å². The summed E-state index contributed by atoms with van der Waals surface area (Å²) < 4.78 is 0. The molecule has 0 spiro atoms. The van der Waals surface area contributed by atoms with Crippen molar-refractivity contribution in [3.05, 3.63) is 218 Å². The fraction of sp³-hybridized carbons (Fsp3) is 0. The maximum absolute atomic E-state index is 5.13. The highest BCUT2D eigenvalue weighted by Crippen LogP contribution is 2.33. The van der Waals surface area contributed by atoms with E-state index in [1.165, 1.54) is 0 Å². The lowest BCUT2D eigenvalue weighted by Crippen LogP contribution is -2.01. The van der Waals surface area contributed by atoms with Crippen LogP contribution in [0.15, 0.2) is 218 Å². The maximum atomic E-state index is 5.13. The zero-order valence-electron chi connectivity index (χ0n) is 32.5. The van der Waals surface area contributed by atoms with E-state index < -0.39 is 0 Å². The third kappa shape index (κ3) is 7.73. The van der Waals surface area contributed by atoms with Crippen molar-refractivity contribution in [1.82, 2.24) is 29.9 Å². The molecule has 2 heterocycles. The van der Waals surface area contributed by atoms with Gasteiger partial charge in [-0.3, -0.25) is 0 Å². The Balaban J connectivity index is 1.05. The average molecular weight is 769 g/mol. The summed E-state index contributed by atoms with van der Waals surface area (Å²) in [5.41, 5.74) is 12.0. The summed E-state index contributed by atoms with van der Waals surface area (Å²) >= 11 is 0. The molecule has 60 heavy (non-hydrogen) atoms. The Hall–Kier alpha value is -8.22. The number of hydrogen-bond acceptors (Lipinski definition) is 6. The van der Waals surface area contributed by atoms with Crippen molar-refractivity contribution < 1.29 is 0 Å². The Labute approximate surface area is 348 Å². The highest BCUT2D eigenvalue weighted by molar-refractivity contribution is 5.77. The molecule has 0 bridgehead atoms. The fourth-order valence-corrected chi connectivity index (χ4v) is 7.29. The third-order valence-electron chi connectivity index (χ3n) is 10.4. The Morgan fingerprint density at radius 2 is 0.350 bits per heavy atom. The van der Waals surface area contributed by atoms with Gasteiger partial charge in [0.1, 0.15) is 0 Å². The van der Waals surface area contributed by atoms with Crippen LogP contribution in [-0.2, 0) is 0 Å². The Kier molecular flexibility index (Phi) is 9.84. The van der Waals surface area contributed by atoms with Gasteiger partial charge in [0.2, 0.25) is 0 Å². The Bertz CT molecular complexity index is 3010. The van der Waals surface area contributed by atoms with Crippen LogP contribution in [0.25, 0.3) is 102 Å². The maximum Gasteiger partial charge on any atom is 0.164 e. The molecule has 0 aliphatic rings. The first-order chi connectivity index (χ1) is 29.7. The van der Waals surface area contributed by atoms with Crippen molar-refractivity contribution in [3.8, 4) is 102 Å². The molecule has 0 amide bonds. The first-order valence-corrected chi connectivity index (χ1v) is 19.9. The van der Waals surface area contributed by atoms with E-state index in [4.69, 9.17) is 29.9 Å². The normalized spacial score (nSPS) is 11.0. The number of nitrogens with zero attached hydrogens (tertiary/aromatic N) is 6. The van der Waals surface area contributed by atoms with Gasteiger partial charge in [-0.25, -0.2) is 29.9 Å². The molecule has 0 unspecified atom stereocenters. The topological polar surface area (TPSA) is 77.3 Å². The van der Waals surface area contributed by atoms with Gasteiger partial charge in [0.15, 0.2) is 34.9 Å². The molecule has 10 aromatic rings. The Morgan fingerprint density at radius 3 is 0.700 bits per heavy atom. The fourth-order valence-electron chi connectivity index (χ4n) is 7.29. The van der Waals surface area contributed by atoms with Gasteiger partial charge in [-0.1, -0.05) is 200 Å². The van der Waals surface area contributed by atoms with E-state index in [1.54, 1.807) is 0 Å². The van der Waals surface area contributed by atoms with Crippen molar-refractivity contribution in [1.29, 1.82) is 0 Å². The standard InChI is InChI=1S/C54H36N6/c1-5-16-37(17-6-1)39-30-32-42(33-31-39)51-58-53(46-27-13-24-43(34-46)38-18-7-2-8-19-38)60-54(59-51)48-29-15-26-45(36-48)44-25-14-28-47(35-44)52-56-49(40-20-9-3-10-21-40)55-50(57-52)41-22-11-4-12-23-41/h1-36H. The second-order valence-electron chi connectivity index (χ2n) is 14.4. The van der Waals surface area contributed by atoms with E-state index in [0.717, 1.165) is 66.8 Å². The molecule has 6 heteroatoms. The monoisotopic (exact) mass is 768 g/mol. The largest absolute Gasteiger partial charge is 0.208 e. The van der Waals surface area contributed by atoms with Gasteiger partial charge in [-0.05, 0) is 51.6 Å². The number of benzene rings is 8. The van der Waals surface area contributed by atoms with Crippen molar-refractivity contribution in [2.75, 3.05) is 0 Å². The lowest BCUT2D eigenvalue weighted by atomic mass is 10.00. The van der Waals surface area contributed by atoms with Crippen LogP contribution in [0.1, 0.15) is 0 Å². The minimum atomic E-state index is 0.586. The third-order valence-corrected chi connectivity index (χ3v) is 10.4. The molecule has 6 nitrogen and oxygen atoms in total. The molecular formula is C54H36N6. The van der Waals surface area contributed by atoms with E-state index in [0.29, 0.717) is 34.9 Å². The van der Waals surface area contributed by atoms with E-state index >= 15 is 0 Å². The highest BCUT2D eigenvalue weighted by Gasteiger charge is 2.16. The molecule has 0 atom stereocenters. The highest BCUT2D eigenvalue weighted by atomic mass is 15.0. The van der Waals surface area contributed by atoms with Gasteiger partial charge in [-0.15, -0.1) is 0 Å². The summed E-state index contributed by atoms with van der Waals surface area (Å²) in [7, 11) is 0. The molecule has 0 aliphatic heterocycles. The molecule has 0 fully saturated rings. The molecule has 0 saturated heterocycles. The molecule has 0 aliphatic carbocycles. The summed E-state index contributed by atoms with van der Waals surface area (Å²) in [4.78, 5) is 30.1. The van der Waals surface area contributed by atoms with Gasteiger partial charge in [-0.2, -0.15) is 0 Å². The molecule has 2 aromatic heterocycles. The minimum absolute atomic E-state index is 0.586. The quantitative estimate of drug-likeness (QED) is 0.145. The van der Waals surface area contributed by atoms with Crippen molar-refractivity contribution in [3.63, 3.8) is 0 Å². The molecule has 10 rings (SSSR count). The molecule has 0 radical (unpaired) electrons. The molecule has 0 saturated carbocycles. The number of rotatable bonds is 9. The van der Waals surface area contributed by atoms with Crippen molar-refractivity contribution >= 4 is 0 Å². The van der Waals surface area contributed by atoms with Crippen LogP contribution in [0.5, 0.6) is 0 Å². The predicted molar refractivity (Wildman–Crippen MR) is 242 cm³/mol. The van der Waals surface area contributed by atoms with Crippen molar-refractivity contribution in [2.45, 2.75) is 0 Å². The zero-order valence-corrected chi connectivity index (χ0v) is 32.5. The second-order valence-corrected chi connectivity index (χ2v) is 14.4. The molecular weight excluding hydrogens is 733 g/mol. The SMILES string of the molecule is c1ccc(-c2ccc(-c3nc(-c4cccc(-c5ccccc5)c4)nc(-c4cccc(-c5cccc(-c6nc(-c7ccccc7)nc(-c7ccccc7)n6)c5)c4)n3)cc2)cc1. The van der Waals surface area contributed by atoms with Crippen LogP contribution in [0.2, 0.25) is 0 Å². The van der Waals surface area contributed by atoms with Crippen LogP contribution in [0.3, 0.4) is 0 Å². The van der Waals surface area contributed by atoms with Crippen LogP contribution in [0.4, 0.5) is 0 Å². The summed E-state index contributed by atoms with van der Waals surface area (Å²) in [5.74, 6) is 3.64. The van der Waals surface area contributed by atoms with E-state index in [-0.39, 0.29) is 0 Å². The summed E-state index contributed by atoms with van der Waals surface area (Å²) in [6.07, 6.45) is 0. The average Bonchev–Trinajstić information content (AvgIpc) is 3.35. The first kappa shape index (κ1) is 36.1. The van der Waals surface area contributed by atoms with E-state index in [9.17, 15) is 0 Å². The van der Waals surface area contributed by atoms with Crippen LogP contribution in [0, 0.1) is 0 Å². The zero-order chi connectivity index (χ0) is 40.1. The number of aromatic nitrogens is 6. The smallest absolute Gasteiger partial charge is 0.164 e. The van der Waals surface area contributed by atoms with Crippen molar-refractivity contribution in [2.24, 2.45) is 0 Å². The van der Waals surface area contributed by atoms with Gasteiger partial charge in [0, 0.05) is 33.4 Å².